The van der Waals surface area contributed by atoms with Gasteiger partial charge in [-0.2, -0.15) is 0 Å². The molecule has 144 valence electrons. The highest BCUT2D eigenvalue weighted by Crippen LogP contribution is 2.22. The van der Waals surface area contributed by atoms with Crippen LogP contribution in [0, 0.1) is 5.92 Å². The van der Waals surface area contributed by atoms with Crippen molar-refractivity contribution in [2.75, 3.05) is 0 Å². The largest absolute Gasteiger partial charge is 0.382 e. The van der Waals surface area contributed by atoms with Gasteiger partial charge in [-0.25, -0.2) is 4.39 Å². The van der Waals surface area contributed by atoms with Crippen LogP contribution in [0.25, 0.3) is 0 Å². The summed E-state index contributed by atoms with van der Waals surface area (Å²) in [6.45, 7) is 22.2. The van der Waals surface area contributed by atoms with E-state index in [9.17, 15) is 4.39 Å². The lowest BCUT2D eigenvalue weighted by Crippen LogP contribution is -2.26. The minimum absolute atomic E-state index is 0.129. The van der Waals surface area contributed by atoms with Gasteiger partial charge < -0.3 is 5.32 Å². The van der Waals surface area contributed by atoms with Crippen LogP contribution in [0.4, 0.5) is 4.39 Å². The fraction of sp³-hybridized carbons (Fsp3) is 0.417. The minimum Gasteiger partial charge on any atom is -0.382 e. The number of nitrogens with one attached hydrogen (secondary N) is 1. The monoisotopic (exact) mass is 357 g/mol. The van der Waals surface area contributed by atoms with E-state index in [-0.39, 0.29) is 11.9 Å². The molecule has 0 bridgehead atoms. The highest BCUT2D eigenvalue weighted by Gasteiger charge is 2.10. The molecule has 26 heavy (non-hydrogen) atoms. The first kappa shape index (κ1) is 23.9. The van der Waals surface area contributed by atoms with E-state index in [0.717, 1.165) is 36.1 Å². The first-order valence-electron chi connectivity index (χ1n) is 9.35. The third-order valence-corrected chi connectivity index (χ3v) is 4.27. The van der Waals surface area contributed by atoms with Gasteiger partial charge in [-0.05, 0) is 63.7 Å². The number of rotatable bonds is 12. The average Bonchev–Trinajstić information content (AvgIpc) is 2.58. The Balaban J connectivity index is 4.62. The van der Waals surface area contributed by atoms with Crippen LogP contribution < -0.4 is 5.32 Å². The Labute approximate surface area is 160 Å². The van der Waals surface area contributed by atoms with Crippen molar-refractivity contribution in [2.24, 2.45) is 5.92 Å². The van der Waals surface area contributed by atoms with Crippen molar-refractivity contribution in [3.05, 3.63) is 84.4 Å². The van der Waals surface area contributed by atoms with E-state index >= 15 is 0 Å². The topological polar surface area (TPSA) is 12.0 Å². The second kappa shape index (κ2) is 13.2. The molecule has 0 aromatic carbocycles. The zero-order chi connectivity index (χ0) is 20.1. The molecule has 0 aliphatic heterocycles. The van der Waals surface area contributed by atoms with Gasteiger partial charge >= 0.3 is 0 Å². The average molecular weight is 358 g/mol. The standard InChI is InChI=1S/C24H36FN/c1-9-12-24(25)17-23(11-3)16-19(5)15-21(7)26-22(8)20(6)14-13-18(4)10-2/h9-10,12-14,17,19,22,26H,1,6-7,11,15-16H2,2-5,8H3/b14-13-,18-10-,23-17-,24-12+/t19-,22?/m0/s1. The Morgan fingerprint density at radius 2 is 1.81 bits per heavy atom. The third kappa shape index (κ3) is 10.7. The normalized spacial score (nSPS) is 15.7. The van der Waals surface area contributed by atoms with Crippen molar-refractivity contribution in [3.63, 3.8) is 0 Å². The van der Waals surface area contributed by atoms with E-state index < -0.39 is 0 Å². The van der Waals surface area contributed by atoms with Crippen molar-refractivity contribution in [1.29, 1.82) is 0 Å². The first-order chi connectivity index (χ1) is 12.2. The second-order valence-electron chi connectivity index (χ2n) is 6.87. The molecule has 0 aromatic heterocycles. The molecular formula is C24H36FN. The van der Waals surface area contributed by atoms with Crippen LogP contribution in [-0.2, 0) is 0 Å². The molecule has 0 fully saturated rings. The zero-order valence-electron chi connectivity index (χ0n) is 17.2. The van der Waals surface area contributed by atoms with E-state index in [1.54, 1.807) is 6.08 Å². The van der Waals surface area contributed by atoms with E-state index in [2.05, 4.69) is 64.9 Å². The molecule has 1 unspecified atom stereocenters. The summed E-state index contributed by atoms with van der Waals surface area (Å²) in [6, 6.07) is 0.129. The van der Waals surface area contributed by atoms with E-state index in [4.69, 9.17) is 0 Å². The van der Waals surface area contributed by atoms with Gasteiger partial charge in [-0.1, -0.05) is 69.0 Å². The summed E-state index contributed by atoms with van der Waals surface area (Å²) < 4.78 is 13.6. The molecule has 0 radical (unpaired) electrons. The number of allylic oxidation sites excluding steroid dienone is 9. The van der Waals surface area contributed by atoms with Crippen molar-refractivity contribution in [3.8, 4) is 0 Å². The summed E-state index contributed by atoms with van der Waals surface area (Å²) in [5.74, 6) is 0.146. The molecule has 2 heteroatoms. The molecule has 2 atom stereocenters. The minimum atomic E-state index is -0.242. The maximum absolute atomic E-state index is 13.6. The summed E-state index contributed by atoms with van der Waals surface area (Å²) in [6.07, 6.45) is 13.2. The summed E-state index contributed by atoms with van der Waals surface area (Å²) in [5, 5.41) is 3.42. The Morgan fingerprint density at radius 1 is 1.15 bits per heavy atom. The lowest BCUT2D eigenvalue weighted by molar-refractivity contribution is 0.529. The van der Waals surface area contributed by atoms with Gasteiger partial charge in [0.15, 0.2) is 0 Å². The number of hydrogen-bond acceptors (Lipinski definition) is 1. The summed E-state index contributed by atoms with van der Waals surface area (Å²) >= 11 is 0. The van der Waals surface area contributed by atoms with Gasteiger partial charge in [0.2, 0.25) is 0 Å². The summed E-state index contributed by atoms with van der Waals surface area (Å²) in [7, 11) is 0. The number of hydrogen-bond donors (Lipinski definition) is 1. The van der Waals surface area contributed by atoms with Gasteiger partial charge in [0.25, 0.3) is 0 Å². The fourth-order valence-corrected chi connectivity index (χ4v) is 2.54. The van der Waals surface area contributed by atoms with Crippen LogP contribution in [0.15, 0.2) is 84.4 Å². The van der Waals surface area contributed by atoms with Crippen molar-refractivity contribution in [1.82, 2.24) is 5.32 Å². The molecule has 0 saturated heterocycles. The maximum atomic E-state index is 13.6. The van der Waals surface area contributed by atoms with Gasteiger partial charge in [-0.3, -0.25) is 0 Å². The lowest BCUT2D eigenvalue weighted by Gasteiger charge is -2.21. The van der Waals surface area contributed by atoms with E-state index in [1.165, 1.54) is 17.7 Å². The van der Waals surface area contributed by atoms with Crippen molar-refractivity contribution < 1.29 is 4.39 Å². The summed E-state index contributed by atoms with van der Waals surface area (Å²) in [4.78, 5) is 0. The predicted octanol–water partition coefficient (Wildman–Crippen LogP) is 7.35. The Hall–Kier alpha value is -2.09. The molecule has 0 aromatic rings. The summed E-state index contributed by atoms with van der Waals surface area (Å²) in [5.41, 5.74) is 4.32. The lowest BCUT2D eigenvalue weighted by atomic mass is 9.94. The van der Waals surface area contributed by atoms with Gasteiger partial charge in [0.05, 0.1) is 0 Å². The molecule has 0 rings (SSSR count). The Morgan fingerprint density at radius 3 is 2.35 bits per heavy atom. The Kier molecular flexibility index (Phi) is 12.1. The fourth-order valence-electron chi connectivity index (χ4n) is 2.54. The van der Waals surface area contributed by atoms with Gasteiger partial charge in [-0.15, -0.1) is 0 Å². The third-order valence-electron chi connectivity index (χ3n) is 4.27. The highest BCUT2D eigenvalue weighted by atomic mass is 19.1. The second-order valence-corrected chi connectivity index (χ2v) is 6.87. The molecule has 0 saturated carbocycles. The van der Waals surface area contributed by atoms with E-state index in [1.807, 2.05) is 13.0 Å². The van der Waals surface area contributed by atoms with Crippen LogP contribution in [0.5, 0.6) is 0 Å². The van der Waals surface area contributed by atoms with Crippen molar-refractivity contribution >= 4 is 0 Å². The smallest absolute Gasteiger partial charge is 0.123 e. The molecule has 0 heterocycles. The number of halogens is 1. The molecule has 1 nitrogen and oxygen atoms in total. The van der Waals surface area contributed by atoms with Crippen molar-refractivity contribution in [2.45, 2.75) is 59.9 Å². The van der Waals surface area contributed by atoms with Gasteiger partial charge in [0.1, 0.15) is 5.83 Å². The van der Waals surface area contributed by atoms with Gasteiger partial charge in [0, 0.05) is 11.7 Å². The molecule has 0 amide bonds. The maximum Gasteiger partial charge on any atom is 0.123 e. The molecule has 0 spiro atoms. The zero-order valence-corrected chi connectivity index (χ0v) is 17.2. The Bertz CT molecular complexity index is 602. The highest BCUT2D eigenvalue weighted by molar-refractivity contribution is 5.28. The van der Waals surface area contributed by atoms with Crippen LogP contribution in [-0.4, -0.2) is 6.04 Å². The molecular weight excluding hydrogens is 321 g/mol. The van der Waals surface area contributed by atoms with Crippen LogP contribution >= 0.6 is 0 Å². The molecule has 0 aliphatic rings. The SMILES string of the molecule is C=C/C=C(F)\C=C(\CC)C[C@@H](C)CC(=C)NC(C)C(=C)/C=C\C(C)=C/C. The quantitative estimate of drug-likeness (QED) is 0.360. The van der Waals surface area contributed by atoms with Crippen LogP contribution in [0.3, 0.4) is 0 Å². The van der Waals surface area contributed by atoms with Crippen LogP contribution in [0.1, 0.15) is 53.9 Å². The molecule has 1 N–H and O–H groups in total. The predicted molar refractivity (Wildman–Crippen MR) is 116 cm³/mol. The van der Waals surface area contributed by atoms with Crippen LogP contribution in [0.2, 0.25) is 0 Å². The molecule has 0 aliphatic carbocycles. The first-order valence-corrected chi connectivity index (χ1v) is 9.35. The van der Waals surface area contributed by atoms with E-state index in [0.29, 0.717) is 5.92 Å².